The van der Waals surface area contributed by atoms with E-state index in [1.54, 1.807) is 0 Å². The zero-order valence-corrected chi connectivity index (χ0v) is 14.1. The summed E-state index contributed by atoms with van der Waals surface area (Å²) in [5, 5.41) is 6.02. The van der Waals surface area contributed by atoms with E-state index in [4.69, 9.17) is 4.52 Å². The number of hydrogen-bond donors (Lipinski definition) is 0. The van der Waals surface area contributed by atoms with Crippen LogP contribution in [-0.4, -0.2) is 34.0 Å². The third-order valence-corrected chi connectivity index (χ3v) is 5.28. The van der Waals surface area contributed by atoms with Gasteiger partial charge in [-0.15, -0.1) is 11.3 Å². The normalized spacial score (nSPS) is 20.5. The van der Waals surface area contributed by atoms with E-state index in [0.29, 0.717) is 24.8 Å². The molecular formula is C18H17N3O2S. The molecule has 1 fully saturated rings. The second-order valence-electron chi connectivity index (χ2n) is 6.09. The summed E-state index contributed by atoms with van der Waals surface area (Å²) >= 11 is 1.47. The number of rotatable bonds is 3. The van der Waals surface area contributed by atoms with E-state index in [1.807, 2.05) is 52.7 Å². The van der Waals surface area contributed by atoms with Gasteiger partial charge in [0.05, 0.1) is 10.8 Å². The molecule has 1 amide bonds. The molecular weight excluding hydrogens is 322 g/mol. The second-order valence-corrected chi connectivity index (χ2v) is 7.04. The lowest BCUT2D eigenvalue weighted by molar-refractivity contribution is 0.0791. The first kappa shape index (κ1) is 15.1. The SMILES string of the molecule is CC1CN(C(=O)c2cccs2)CC1c1nc(-c2ccccc2)no1. The average molecular weight is 339 g/mol. The van der Waals surface area contributed by atoms with Crippen molar-refractivity contribution in [2.75, 3.05) is 13.1 Å². The summed E-state index contributed by atoms with van der Waals surface area (Å²) in [6, 6.07) is 13.5. The van der Waals surface area contributed by atoms with Crippen LogP contribution in [0.3, 0.4) is 0 Å². The quantitative estimate of drug-likeness (QED) is 0.730. The van der Waals surface area contributed by atoms with Crippen LogP contribution in [0.2, 0.25) is 0 Å². The highest BCUT2D eigenvalue weighted by atomic mass is 32.1. The van der Waals surface area contributed by atoms with Crippen molar-refractivity contribution in [3.05, 3.63) is 58.6 Å². The molecule has 4 rings (SSSR count). The number of carbonyl (C=O) groups is 1. The maximum absolute atomic E-state index is 12.5. The molecule has 5 nitrogen and oxygen atoms in total. The summed E-state index contributed by atoms with van der Waals surface area (Å²) < 4.78 is 5.50. The maximum atomic E-state index is 12.5. The third-order valence-electron chi connectivity index (χ3n) is 4.42. The van der Waals surface area contributed by atoms with Gasteiger partial charge in [-0.1, -0.05) is 48.5 Å². The highest BCUT2D eigenvalue weighted by Crippen LogP contribution is 2.33. The van der Waals surface area contributed by atoms with Gasteiger partial charge in [0.1, 0.15) is 0 Å². The minimum atomic E-state index is 0.0823. The Balaban J connectivity index is 1.53. The predicted octanol–water partition coefficient (Wildman–Crippen LogP) is 3.67. The number of carbonyl (C=O) groups excluding carboxylic acids is 1. The fourth-order valence-electron chi connectivity index (χ4n) is 3.10. The number of benzene rings is 1. The topological polar surface area (TPSA) is 59.2 Å². The van der Waals surface area contributed by atoms with Gasteiger partial charge in [0.25, 0.3) is 5.91 Å². The Labute approximate surface area is 143 Å². The van der Waals surface area contributed by atoms with Gasteiger partial charge in [-0.3, -0.25) is 4.79 Å². The van der Waals surface area contributed by atoms with Crippen molar-refractivity contribution < 1.29 is 9.32 Å². The number of nitrogens with zero attached hydrogens (tertiary/aromatic N) is 3. The van der Waals surface area contributed by atoms with Crippen LogP contribution in [0.4, 0.5) is 0 Å². The Morgan fingerprint density at radius 1 is 1.21 bits per heavy atom. The Hall–Kier alpha value is -2.47. The lowest BCUT2D eigenvalue weighted by atomic mass is 9.98. The first-order valence-electron chi connectivity index (χ1n) is 7.94. The van der Waals surface area contributed by atoms with Crippen LogP contribution in [-0.2, 0) is 0 Å². The van der Waals surface area contributed by atoms with E-state index in [2.05, 4.69) is 17.1 Å². The summed E-state index contributed by atoms with van der Waals surface area (Å²) in [6.07, 6.45) is 0. The molecule has 2 atom stereocenters. The molecule has 3 heterocycles. The Kier molecular flexibility index (Phi) is 3.90. The summed E-state index contributed by atoms with van der Waals surface area (Å²) in [4.78, 5) is 19.7. The molecule has 3 aromatic rings. The fraction of sp³-hybridized carbons (Fsp3) is 0.278. The van der Waals surface area contributed by atoms with Gasteiger partial charge in [0.2, 0.25) is 11.7 Å². The molecule has 6 heteroatoms. The molecule has 122 valence electrons. The van der Waals surface area contributed by atoms with Crippen molar-refractivity contribution in [2.24, 2.45) is 5.92 Å². The van der Waals surface area contributed by atoms with Gasteiger partial charge >= 0.3 is 0 Å². The van der Waals surface area contributed by atoms with Gasteiger partial charge in [-0.25, -0.2) is 0 Å². The highest BCUT2D eigenvalue weighted by Gasteiger charge is 2.37. The number of hydrogen-bond acceptors (Lipinski definition) is 5. The smallest absolute Gasteiger partial charge is 0.263 e. The van der Waals surface area contributed by atoms with E-state index in [1.165, 1.54) is 11.3 Å². The van der Waals surface area contributed by atoms with Crippen molar-refractivity contribution in [1.82, 2.24) is 15.0 Å². The van der Waals surface area contributed by atoms with Gasteiger partial charge < -0.3 is 9.42 Å². The van der Waals surface area contributed by atoms with E-state index < -0.39 is 0 Å². The molecule has 0 spiro atoms. The molecule has 1 aliphatic heterocycles. The van der Waals surface area contributed by atoms with Crippen molar-refractivity contribution >= 4 is 17.2 Å². The van der Waals surface area contributed by atoms with Crippen LogP contribution in [0, 0.1) is 5.92 Å². The van der Waals surface area contributed by atoms with Crippen molar-refractivity contribution in [2.45, 2.75) is 12.8 Å². The first-order chi connectivity index (χ1) is 11.7. The lowest BCUT2D eigenvalue weighted by Gasteiger charge is -2.14. The van der Waals surface area contributed by atoms with Crippen molar-refractivity contribution in [3.8, 4) is 11.4 Å². The lowest BCUT2D eigenvalue weighted by Crippen LogP contribution is -2.28. The third kappa shape index (κ3) is 2.73. The van der Waals surface area contributed by atoms with Crippen LogP contribution in [0.5, 0.6) is 0 Å². The molecule has 0 N–H and O–H groups in total. The van der Waals surface area contributed by atoms with Crippen LogP contribution < -0.4 is 0 Å². The molecule has 0 bridgehead atoms. The van der Waals surface area contributed by atoms with Gasteiger partial charge in [0, 0.05) is 18.7 Å². The van der Waals surface area contributed by atoms with Crippen molar-refractivity contribution in [1.29, 1.82) is 0 Å². The largest absolute Gasteiger partial charge is 0.339 e. The molecule has 1 aliphatic rings. The second kappa shape index (κ2) is 6.20. The van der Waals surface area contributed by atoms with Crippen LogP contribution in [0.25, 0.3) is 11.4 Å². The van der Waals surface area contributed by atoms with E-state index >= 15 is 0 Å². The van der Waals surface area contributed by atoms with Gasteiger partial charge in [-0.2, -0.15) is 4.98 Å². The van der Waals surface area contributed by atoms with Crippen LogP contribution in [0.15, 0.2) is 52.4 Å². The standard InChI is InChI=1S/C18H17N3O2S/c1-12-10-21(18(22)15-8-5-9-24-15)11-14(12)17-19-16(20-23-17)13-6-3-2-4-7-13/h2-9,12,14H,10-11H2,1H3. The summed E-state index contributed by atoms with van der Waals surface area (Å²) in [6.45, 7) is 3.46. The highest BCUT2D eigenvalue weighted by molar-refractivity contribution is 7.12. The summed E-state index contributed by atoms with van der Waals surface area (Å²) in [7, 11) is 0. The minimum absolute atomic E-state index is 0.0823. The summed E-state index contributed by atoms with van der Waals surface area (Å²) in [5.74, 6) is 1.67. The zero-order valence-electron chi connectivity index (χ0n) is 13.3. The van der Waals surface area contributed by atoms with Crippen LogP contribution in [0.1, 0.15) is 28.4 Å². The maximum Gasteiger partial charge on any atom is 0.263 e. The Bertz CT molecular complexity index is 829. The van der Waals surface area contributed by atoms with E-state index in [9.17, 15) is 4.79 Å². The Morgan fingerprint density at radius 2 is 2.04 bits per heavy atom. The number of aromatic nitrogens is 2. The van der Waals surface area contributed by atoms with E-state index in [-0.39, 0.29) is 17.7 Å². The monoisotopic (exact) mass is 339 g/mol. The molecule has 24 heavy (non-hydrogen) atoms. The Morgan fingerprint density at radius 3 is 2.79 bits per heavy atom. The minimum Gasteiger partial charge on any atom is -0.339 e. The zero-order chi connectivity index (χ0) is 16.5. The molecule has 0 aliphatic carbocycles. The molecule has 0 saturated carbocycles. The average Bonchev–Trinajstić information content (AvgIpc) is 3.35. The number of thiophene rings is 1. The fourth-order valence-corrected chi connectivity index (χ4v) is 3.79. The molecule has 1 aromatic carbocycles. The van der Waals surface area contributed by atoms with Crippen LogP contribution >= 0.6 is 11.3 Å². The molecule has 2 aromatic heterocycles. The van der Waals surface area contributed by atoms with Gasteiger partial charge in [-0.05, 0) is 17.4 Å². The van der Waals surface area contributed by atoms with Gasteiger partial charge in [0.15, 0.2) is 0 Å². The molecule has 1 saturated heterocycles. The van der Waals surface area contributed by atoms with E-state index in [0.717, 1.165) is 10.4 Å². The summed E-state index contributed by atoms with van der Waals surface area (Å²) in [5.41, 5.74) is 0.935. The number of likely N-dealkylation sites (tertiary alicyclic amines) is 1. The first-order valence-corrected chi connectivity index (χ1v) is 8.82. The van der Waals surface area contributed by atoms with Crippen molar-refractivity contribution in [3.63, 3.8) is 0 Å². The number of amides is 1. The molecule has 0 radical (unpaired) electrons. The predicted molar refractivity (Wildman–Crippen MR) is 91.9 cm³/mol. The molecule has 2 unspecified atom stereocenters.